The Morgan fingerprint density at radius 3 is 2.55 bits per heavy atom. The molecule has 0 radical (unpaired) electrons. The number of rotatable bonds is 4. The van der Waals surface area contributed by atoms with Crippen molar-refractivity contribution in [2.75, 3.05) is 26.2 Å². The van der Waals surface area contributed by atoms with Gasteiger partial charge < -0.3 is 4.57 Å². The summed E-state index contributed by atoms with van der Waals surface area (Å²) in [5.41, 5.74) is 3.27. The first-order chi connectivity index (χ1) is 15.2. The second kappa shape index (κ2) is 9.21. The van der Waals surface area contributed by atoms with Crippen molar-refractivity contribution in [2.24, 2.45) is 5.92 Å². The summed E-state index contributed by atoms with van der Waals surface area (Å²) in [6, 6.07) is 5.87. The van der Waals surface area contributed by atoms with Crippen molar-refractivity contribution in [1.82, 2.24) is 19.4 Å². The molecule has 0 aromatic carbocycles. The molecular formula is C25H33FN4O. The number of hydrogen-bond acceptors (Lipinski definition) is 4. The van der Waals surface area contributed by atoms with Gasteiger partial charge in [-0.1, -0.05) is 25.3 Å². The molecule has 2 bridgehead atoms. The van der Waals surface area contributed by atoms with Gasteiger partial charge in [0.2, 0.25) is 0 Å². The van der Waals surface area contributed by atoms with Gasteiger partial charge in [0.25, 0.3) is 5.56 Å². The van der Waals surface area contributed by atoms with Crippen molar-refractivity contribution < 1.29 is 4.39 Å². The predicted molar refractivity (Wildman–Crippen MR) is 119 cm³/mol. The summed E-state index contributed by atoms with van der Waals surface area (Å²) >= 11 is 0. The Labute approximate surface area is 183 Å². The summed E-state index contributed by atoms with van der Waals surface area (Å²) < 4.78 is 15.6. The molecule has 3 aliphatic heterocycles. The Morgan fingerprint density at radius 1 is 0.935 bits per heavy atom. The molecule has 31 heavy (non-hydrogen) atoms. The predicted octanol–water partition coefficient (Wildman–Crippen LogP) is 3.77. The van der Waals surface area contributed by atoms with Gasteiger partial charge in [-0.3, -0.25) is 19.6 Å². The molecule has 5 nitrogen and oxygen atoms in total. The molecule has 0 N–H and O–H groups in total. The minimum atomic E-state index is -0.279. The number of likely N-dealkylation sites (tertiary alicyclic amines) is 2. The van der Waals surface area contributed by atoms with Crippen LogP contribution in [0, 0.1) is 11.7 Å². The maximum Gasteiger partial charge on any atom is 0.255 e. The van der Waals surface area contributed by atoms with Crippen LogP contribution >= 0.6 is 0 Å². The maximum absolute atomic E-state index is 13.5. The maximum atomic E-state index is 13.5. The molecule has 0 amide bonds. The van der Waals surface area contributed by atoms with E-state index >= 15 is 0 Å². The summed E-state index contributed by atoms with van der Waals surface area (Å²) in [4.78, 5) is 22.2. The highest BCUT2D eigenvalue weighted by Crippen LogP contribution is 2.35. The number of halogens is 1. The molecule has 0 spiro atoms. The Balaban J connectivity index is 1.31. The quantitative estimate of drug-likeness (QED) is 0.749. The van der Waals surface area contributed by atoms with E-state index in [2.05, 4.69) is 31.5 Å². The van der Waals surface area contributed by atoms with Crippen molar-refractivity contribution in [3.8, 4) is 0 Å². The molecule has 0 aliphatic carbocycles. The molecule has 2 aromatic rings. The first-order valence-electron chi connectivity index (χ1n) is 11.9. The summed E-state index contributed by atoms with van der Waals surface area (Å²) in [5.74, 6) is 0.569. The molecule has 3 aliphatic rings. The van der Waals surface area contributed by atoms with E-state index in [4.69, 9.17) is 0 Å². The third kappa shape index (κ3) is 4.75. The number of pyridine rings is 2. The summed E-state index contributed by atoms with van der Waals surface area (Å²) in [7, 11) is 0. The molecule has 0 saturated carbocycles. The van der Waals surface area contributed by atoms with Crippen LogP contribution < -0.4 is 5.56 Å². The zero-order valence-corrected chi connectivity index (χ0v) is 18.3. The second-order valence-electron chi connectivity index (χ2n) is 9.75. The average Bonchev–Trinajstić information content (AvgIpc) is 2.72. The minimum Gasteiger partial charge on any atom is -0.312 e. The fourth-order valence-corrected chi connectivity index (χ4v) is 5.85. The van der Waals surface area contributed by atoms with E-state index in [0.717, 1.165) is 63.4 Å². The van der Waals surface area contributed by atoms with E-state index in [0.29, 0.717) is 11.8 Å². The number of piperidine rings is 1. The van der Waals surface area contributed by atoms with E-state index in [9.17, 15) is 9.18 Å². The summed E-state index contributed by atoms with van der Waals surface area (Å²) in [5, 5.41) is 0. The van der Waals surface area contributed by atoms with Gasteiger partial charge in [0.1, 0.15) is 5.82 Å². The van der Waals surface area contributed by atoms with Crippen LogP contribution in [-0.2, 0) is 19.6 Å². The molecule has 5 heterocycles. The van der Waals surface area contributed by atoms with Gasteiger partial charge in [-0.25, -0.2) is 4.39 Å². The summed E-state index contributed by atoms with van der Waals surface area (Å²) in [6.45, 7) is 6.39. The number of fused-ring (bicyclic) bond motifs is 4. The topological polar surface area (TPSA) is 41.4 Å². The van der Waals surface area contributed by atoms with Crippen LogP contribution in [0.2, 0.25) is 0 Å². The van der Waals surface area contributed by atoms with E-state index < -0.39 is 0 Å². The van der Waals surface area contributed by atoms with Gasteiger partial charge >= 0.3 is 0 Å². The highest BCUT2D eigenvalue weighted by atomic mass is 19.1. The highest BCUT2D eigenvalue weighted by Gasteiger charge is 2.35. The zero-order chi connectivity index (χ0) is 21.2. The Bertz CT molecular complexity index is 966. The van der Waals surface area contributed by atoms with Gasteiger partial charge in [0.05, 0.1) is 6.20 Å². The molecule has 6 heteroatoms. The molecule has 5 rings (SSSR count). The Kier molecular flexibility index (Phi) is 6.19. The summed E-state index contributed by atoms with van der Waals surface area (Å²) in [6.07, 6.45) is 10.6. The fraction of sp³-hybridized carbons (Fsp3) is 0.600. The van der Waals surface area contributed by atoms with Gasteiger partial charge in [0, 0.05) is 56.1 Å². The van der Waals surface area contributed by atoms with Crippen molar-refractivity contribution >= 4 is 0 Å². The third-order valence-corrected chi connectivity index (χ3v) is 7.27. The van der Waals surface area contributed by atoms with Crippen molar-refractivity contribution in [3.63, 3.8) is 0 Å². The molecule has 0 unspecified atom stereocenters. The van der Waals surface area contributed by atoms with Crippen molar-refractivity contribution in [2.45, 2.75) is 64.1 Å². The van der Waals surface area contributed by atoms with E-state index in [1.807, 2.05) is 0 Å². The van der Waals surface area contributed by atoms with Crippen molar-refractivity contribution in [1.29, 1.82) is 0 Å². The lowest BCUT2D eigenvalue weighted by atomic mass is 9.83. The number of nitrogens with zero attached hydrogens (tertiary/aromatic N) is 4. The van der Waals surface area contributed by atoms with Crippen LogP contribution in [0.1, 0.15) is 61.3 Å². The SMILES string of the molecule is O=c1c(CN2CCCCCCC2)ccc2n1C[C@H]1C[C@@H]2CN(Cc2cncc(F)c2)C1. The third-order valence-electron chi connectivity index (χ3n) is 7.27. The Morgan fingerprint density at radius 2 is 1.74 bits per heavy atom. The van der Waals surface area contributed by atoms with Gasteiger partial charge in [-0.2, -0.15) is 0 Å². The smallest absolute Gasteiger partial charge is 0.255 e. The minimum absolute atomic E-state index is 0.219. The number of aromatic nitrogens is 2. The molecule has 2 atom stereocenters. The lowest BCUT2D eigenvalue weighted by Crippen LogP contribution is -2.47. The van der Waals surface area contributed by atoms with Crippen LogP contribution in [0.3, 0.4) is 0 Å². The van der Waals surface area contributed by atoms with Crippen LogP contribution in [0.25, 0.3) is 0 Å². The normalized spacial score (nSPS) is 24.9. The van der Waals surface area contributed by atoms with E-state index in [1.54, 1.807) is 12.3 Å². The lowest BCUT2D eigenvalue weighted by Gasteiger charge is -2.43. The van der Waals surface area contributed by atoms with Gasteiger partial charge in [-0.05, 0) is 56.0 Å². The highest BCUT2D eigenvalue weighted by molar-refractivity contribution is 5.23. The molecule has 2 saturated heterocycles. The van der Waals surface area contributed by atoms with Gasteiger partial charge in [0.15, 0.2) is 0 Å². The van der Waals surface area contributed by atoms with Gasteiger partial charge in [-0.15, -0.1) is 0 Å². The van der Waals surface area contributed by atoms with E-state index in [-0.39, 0.29) is 11.4 Å². The first-order valence-corrected chi connectivity index (χ1v) is 11.9. The largest absolute Gasteiger partial charge is 0.312 e. The average molecular weight is 425 g/mol. The molecule has 2 fully saturated rings. The van der Waals surface area contributed by atoms with Crippen LogP contribution in [0.5, 0.6) is 0 Å². The first kappa shape index (κ1) is 20.8. The lowest BCUT2D eigenvalue weighted by molar-refractivity contribution is 0.114. The monoisotopic (exact) mass is 424 g/mol. The molecular weight excluding hydrogens is 391 g/mol. The molecule has 2 aromatic heterocycles. The zero-order valence-electron chi connectivity index (χ0n) is 18.3. The molecule has 166 valence electrons. The van der Waals surface area contributed by atoms with Crippen LogP contribution in [-0.4, -0.2) is 45.5 Å². The number of hydrogen-bond donors (Lipinski definition) is 0. The fourth-order valence-electron chi connectivity index (χ4n) is 5.85. The van der Waals surface area contributed by atoms with E-state index in [1.165, 1.54) is 44.0 Å². The van der Waals surface area contributed by atoms with Crippen LogP contribution in [0.4, 0.5) is 4.39 Å². The standard InChI is InChI=1S/C25H33FN4O/c26-23-11-19(12-27-13-23)14-29-15-20-10-22(18-29)24-7-6-21(25(31)30(24)16-20)17-28-8-4-2-1-3-5-9-28/h6-7,11-13,20,22H,1-5,8-10,14-18H2/t20-,22+/m0/s1. The van der Waals surface area contributed by atoms with Crippen molar-refractivity contribution in [3.05, 3.63) is 63.6 Å². The Hall–Kier alpha value is -2.05. The second-order valence-corrected chi connectivity index (χ2v) is 9.75. The van der Waals surface area contributed by atoms with Crippen LogP contribution in [0.15, 0.2) is 35.4 Å².